The van der Waals surface area contributed by atoms with Crippen molar-refractivity contribution >= 4 is 29.3 Å². The first-order valence-corrected chi connectivity index (χ1v) is 10.2. The Morgan fingerprint density at radius 2 is 2.07 bits per heavy atom. The van der Waals surface area contributed by atoms with Crippen LogP contribution in [0.4, 0.5) is 5.69 Å². The minimum Gasteiger partial charge on any atom is -0.465 e. The maximum atomic E-state index is 13.1. The number of amides is 2. The minimum absolute atomic E-state index is 0.0325. The van der Waals surface area contributed by atoms with Gasteiger partial charge >= 0.3 is 0 Å². The SMILES string of the molecule is Cc1ccc(CNC(=O)c2ccc3c(c2)Sc2ncccc2C(=O)N3C(C)C)o1. The summed E-state index contributed by atoms with van der Waals surface area (Å²) >= 11 is 1.41. The third-order valence-electron chi connectivity index (χ3n) is 4.64. The second-order valence-electron chi connectivity index (χ2n) is 7.10. The monoisotopic (exact) mass is 407 g/mol. The van der Waals surface area contributed by atoms with E-state index < -0.39 is 0 Å². The zero-order valence-corrected chi connectivity index (χ0v) is 17.2. The minimum atomic E-state index is -0.199. The molecule has 1 aromatic carbocycles. The highest BCUT2D eigenvalue weighted by molar-refractivity contribution is 7.99. The molecule has 0 aliphatic carbocycles. The predicted molar refractivity (Wildman–Crippen MR) is 111 cm³/mol. The van der Waals surface area contributed by atoms with E-state index >= 15 is 0 Å². The molecule has 0 saturated carbocycles. The van der Waals surface area contributed by atoms with Crippen LogP contribution in [-0.4, -0.2) is 22.8 Å². The summed E-state index contributed by atoms with van der Waals surface area (Å²) < 4.78 is 5.50. The second kappa shape index (κ2) is 7.75. The van der Waals surface area contributed by atoms with Gasteiger partial charge < -0.3 is 14.6 Å². The highest BCUT2D eigenvalue weighted by Gasteiger charge is 2.30. The van der Waals surface area contributed by atoms with Crippen molar-refractivity contribution in [2.45, 2.75) is 43.3 Å². The molecule has 1 aliphatic rings. The van der Waals surface area contributed by atoms with Crippen molar-refractivity contribution in [3.63, 3.8) is 0 Å². The topological polar surface area (TPSA) is 75.4 Å². The number of pyridine rings is 1. The van der Waals surface area contributed by atoms with Crippen LogP contribution >= 0.6 is 11.8 Å². The number of furan rings is 1. The number of rotatable bonds is 4. The molecule has 1 aliphatic heterocycles. The van der Waals surface area contributed by atoms with E-state index in [1.165, 1.54) is 11.8 Å². The van der Waals surface area contributed by atoms with Gasteiger partial charge in [0, 0.05) is 22.7 Å². The van der Waals surface area contributed by atoms with Crippen molar-refractivity contribution < 1.29 is 14.0 Å². The summed E-state index contributed by atoms with van der Waals surface area (Å²) in [5.74, 6) is 1.23. The van der Waals surface area contributed by atoms with Crippen LogP contribution in [0, 0.1) is 6.92 Å². The number of hydrogen-bond donors (Lipinski definition) is 1. The Labute approximate surface area is 173 Å². The molecule has 29 heavy (non-hydrogen) atoms. The number of aryl methyl sites for hydroxylation is 1. The Hall–Kier alpha value is -3.06. The van der Waals surface area contributed by atoms with Crippen LogP contribution in [0.1, 0.15) is 46.1 Å². The quantitative estimate of drug-likeness (QED) is 0.692. The van der Waals surface area contributed by atoms with E-state index in [0.717, 1.165) is 16.3 Å². The Bertz CT molecular complexity index is 1090. The lowest BCUT2D eigenvalue weighted by Gasteiger charge is -2.27. The predicted octanol–water partition coefficient (Wildman–Crippen LogP) is 4.43. The van der Waals surface area contributed by atoms with Gasteiger partial charge in [-0.25, -0.2) is 4.98 Å². The van der Waals surface area contributed by atoms with E-state index in [0.29, 0.717) is 28.5 Å². The lowest BCUT2D eigenvalue weighted by molar-refractivity contribution is 0.0946. The molecule has 2 aromatic heterocycles. The number of nitrogens with zero attached hydrogens (tertiary/aromatic N) is 2. The largest absolute Gasteiger partial charge is 0.465 e. The third kappa shape index (κ3) is 3.78. The summed E-state index contributed by atoms with van der Waals surface area (Å²) in [6, 6.07) is 12.6. The van der Waals surface area contributed by atoms with Gasteiger partial charge in [0.15, 0.2) is 0 Å². The average Bonchev–Trinajstić information content (AvgIpc) is 3.07. The number of carbonyl (C=O) groups is 2. The number of fused-ring (bicyclic) bond motifs is 2. The number of carbonyl (C=O) groups excluding carboxylic acids is 2. The molecule has 2 amide bonds. The molecule has 0 radical (unpaired) electrons. The van der Waals surface area contributed by atoms with Crippen molar-refractivity contribution in [3.05, 3.63) is 71.3 Å². The highest BCUT2D eigenvalue weighted by atomic mass is 32.2. The molecule has 0 spiro atoms. The first-order valence-electron chi connectivity index (χ1n) is 9.38. The van der Waals surface area contributed by atoms with Crippen LogP contribution in [0.5, 0.6) is 0 Å². The maximum Gasteiger partial charge on any atom is 0.261 e. The molecule has 7 heteroatoms. The van der Waals surface area contributed by atoms with Crippen LogP contribution in [-0.2, 0) is 6.54 Å². The van der Waals surface area contributed by atoms with Crippen LogP contribution in [0.2, 0.25) is 0 Å². The van der Waals surface area contributed by atoms with Gasteiger partial charge in [-0.3, -0.25) is 9.59 Å². The van der Waals surface area contributed by atoms with Gasteiger partial charge in [-0.15, -0.1) is 0 Å². The van der Waals surface area contributed by atoms with Crippen LogP contribution in [0.25, 0.3) is 0 Å². The van der Waals surface area contributed by atoms with Crippen LogP contribution in [0.15, 0.2) is 63.0 Å². The molecule has 1 N–H and O–H groups in total. The molecule has 4 rings (SSSR count). The molecule has 6 nitrogen and oxygen atoms in total. The molecule has 148 valence electrons. The summed E-state index contributed by atoms with van der Waals surface area (Å²) in [6.07, 6.45) is 1.67. The van der Waals surface area contributed by atoms with Crippen LogP contribution < -0.4 is 10.2 Å². The number of anilines is 1. The molecule has 3 heterocycles. The van der Waals surface area contributed by atoms with Crippen molar-refractivity contribution in [1.82, 2.24) is 10.3 Å². The number of hydrogen-bond acceptors (Lipinski definition) is 5. The standard InChI is InChI=1S/C22H21N3O3S/c1-13(2)25-18-9-7-15(20(26)24-12-16-8-6-14(3)28-16)11-19(18)29-21-17(22(25)27)5-4-10-23-21/h4-11,13H,12H2,1-3H3,(H,24,26). The van der Waals surface area contributed by atoms with Gasteiger partial charge in [0.1, 0.15) is 16.5 Å². The maximum absolute atomic E-state index is 13.1. The molecule has 3 aromatic rings. The van der Waals surface area contributed by atoms with Crippen LogP contribution in [0.3, 0.4) is 0 Å². The summed E-state index contributed by atoms with van der Waals surface area (Å²) in [6.45, 7) is 6.12. The lowest BCUT2D eigenvalue weighted by Crippen LogP contribution is -2.37. The van der Waals surface area contributed by atoms with Gasteiger partial charge in [0.05, 0.1) is 17.8 Å². The first-order chi connectivity index (χ1) is 13.9. The molecule has 0 unspecified atom stereocenters. The summed E-state index contributed by atoms with van der Waals surface area (Å²) in [5.41, 5.74) is 1.88. The van der Waals surface area contributed by atoms with Gasteiger partial charge in [-0.05, 0) is 63.2 Å². The lowest BCUT2D eigenvalue weighted by atomic mass is 10.1. The highest BCUT2D eigenvalue weighted by Crippen LogP contribution is 2.41. The zero-order chi connectivity index (χ0) is 20.5. The van der Waals surface area contributed by atoms with Crippen molar-refractivity contribution in [2.24, 2.45) is 0 Å². The third-order valence-corrected chi connectivity index (χ3v) is 5.71. The van der Waals surface area contributed by atoms with E-state index in [1.54, 1.807) is 29.3 Å². The zero-order valence-electron chi connectivity index (χ0n) is 16.4. The Morgan fingerprint density at radius 1 is 1.24 bits per heavy atom. The normalized spacial score (nSPS) is 13.1. The van der Waals surface area contributed by atoms with E-state index in [4.69, 9.17) is 4.42 Å². The number of nitrogens with one attached hydrogen (secondary N) is 1. The van der Waals surface area contributed by atoms with E-state index in [1.807, 2.05) is 45.0 Å². The fourth-order valence-corrected chi connectivity index (χ4v) is 4.32. The summed E-state index contributed by atoms with van der Waals surface area (Å²) in [5, 5.41) is 3.52. The summed E-state index contributed by atoms with van der Waals surface area (Å²) in [4.78, 5) is 32.7. The molecule has 0 saturated heterocycles. The molecule has 0 bridgehead atoms. The first kappa shape index (κ1) is 19.3. The molecular weight excluding hydrogens is 386 g/mol. The van der Waals surface area contributed by atoms with E-state index in [9.17, 15) is 9.59 Å². The van der Waals surface area contributed by atoms with Gasteiger partial charge in [-0.1, -0.05) is 11.8 Å². The second-order valence-corrected chi connectivity index (χ2v) is 8.14. The molecule has 0 atom stereocenters. The fourth-order valence-electron chi connectivity index (χ4n) is 3.28. The van der Waals surface area contributed by atoms with Crippen molar-refractivity contribution in [3.8, 4) is 0 Å². The molecule has 0 fully saturated rings. The van der Waals surface area contributed by atoms with E-state index in [2.05, 4.69) is 10.3 Å². The van der Waals surface area contributed by atoms with Gasteiger partial charge in [-0.2, -0.15) is 0 Å². The van der Waals surface area contributed by atoms with Crippen molar-refractivity contribution in [2.75, 3.05) is 4.90 Å². The Morgan fingerprint density at radius 3 is 2.79 bits per heavy atom. The number of benzene rings is 1. The number of aromatic nitrogens is 1. The fraction of sp³-hybridized carbons (Fsp3) is 0.227. The van der Waals surface area contributed by atoms with E-state index in [-0.39, 0.29) is 17.9 Å². The smallest absolute Gasteiger partial charge is 0.261 e. The Kier molecular flexibility index (Phi) is 5.15. The Balaban J connectivity index is 1.66. The van der Waals surface area contributed by atoms with Gasteiger partial charge in [0.2, 0.25) is 0 Å². The molecular formula is C22H21N3O3S. The van der Waals surface area contributed by atoms with Crippen molar-refractivity contribution in [1.29, 1.82) is 0 Å². The summed E-state index contributed by atoms with van der Waals surface area (Å²) in [7, 11) is 0. The average molecular weight is 407 g/mol. The van der Waals surface area contributed by atoms with Gasteiger partial charge in [0.25, 0.3) is 11.8 Å².